The van der Waals surface area contributed by atoms with Crippen LogP contribution in [0.25, 0.3) is 5.76 Å². The SMILES string of the molecule is CC(C)C(=O)Nc1cccc(NC(=O)C(=O)/C=C(/O)c2ccc(F)cc2)c1. The number of rotatable bonds is 6. The number of carbonyl (C=O) groups excluding carboxylic acids is 3. The summed E-state index contributed by atoms with van der Waals surface area (Å²) in [4.78, 5) is 35.7. The molecule has 0 aliphatic rings. The fraction of sp³-hybridized carbons (Fsp3) is 0.150. The fourth-order valence-electron chi connectivity index (χ4n) is 2.05. The van der Waals surface area contributed by atoms with Gasteiger partial charge in [0, 0.05) is 28.9 Å². The monoisotopic (exact) mass is 370 g/mol. The number of carbonyl (C=O) groups is 3. The van der Waals surface area contributed by atoms with E-state index in [-0.39, 0.29) is 17.4 Å². The van der Waals surface area contributed by atoms with E-state index in [4.69, 9.17) is 0 Å². The lowest BCUT2D eigenvalue weighted by Gasteiger charge is -2.09. The first-order valence-corrected chi connectivity index (χ1v) is 8.19. The standard InChI is InChI=1S/C20H19FN2O4/c1-12(2)19(26)22-15-4-3-5-16(10-15)23-20(27)18(25)11-17(24)13-6-8-14(21)9-7-13/h3-12,24H,1-2H3,(H,22,26)(H,23,27)/b17-11+. The first-order chi connectivity index (χ1) is 12.8. The summed E-state index contributed by atoms with van der Waals surface area (Å²) in [6.07, 6.45) is 0.757. The minimum atomic E-state index is -0.978. The van der Waals surface area contributed by atoms with Crippen molar-refractivity contribution in [3.8, 4) is 0 Å². The molecule has 140 valence electrons. The number of nitrogens with one attached hydrogen (secondary N) is 2. The maximum absolute atomic E-state index is 12.9. The van der Waals surface area contributed by atoms with E-state index < -0.39 is 23.3 Å². The first kappa shape index (κ1) is 19.8. The van der Waals surface area contributed by atoms with Crippen LogP contribution >= 0.6 is 0 Å². The van der Waals surface area contributed by atoms with E-state index in [0.29, 0.717) is 11.4 Å². The van der Waals surface area contributed by atoms with Gasteiger partial charge in [0.15, 0.2) is 0 Å². The van der Waals surface area contributed by atoms with Crippen molar-refractivity contribution >= 4 is 34.7 Å². The van der Waals surface area contributed by atoms with Crippen molar-refractivity contribution < 1.29 is 23.9 Å². The van der Waals surface area contributed by atoms with Gasteiger partial charge in [-0.25, -0.2) is 4.39 Å². The highest BCUT2D eigenvalue weighted by Gasteiger charge is 2.14. The molecule has 2 amide bonds. The molecule has 0 saturated heterocycles. The number of hydrogen-bond acceptors (Lipinski definition) is 4. The topological polar surface area (TPSA) is 95.5 Å². The second-order valence-corrected chi connectivity index (χ2v) is 6.08. The smallest absolute Gasteiger partial charge is 0.296 e. The van der Waals surface area contributed by atoms with E-state index in [1.165, 1.54) is 18.2 Å². The first-order valence-electron chi connectivity index (χ1n) is 8.19. The second-order valence-electron chi connectivity index (χ2n) is 6.08. The molecule has 0 aromatic heterocycles. The minimum Gasteiger partial charge on any atom is -0.507 e. The Morgan fingerprint density at radius 1 is 1.00 bits per heavy atom. The molecule has 3 N–H and O–H groups in total. The maximum Gasteiger partial charge on any atom is 0.296 e. The van der Waals surface area contributed by atoms with Gasteiger partial charge in [0.25, 0.3) is 5.91 Å². The van der Waals surface area contributed by atoms with Gasteiger partial charge in [-0.2, -0.15) is 0 Å². The maximum atomic E-state index is 12.9. The minimum absolute atomic E-state index is 0.179. The summed E-state index contributed by atoms with van der Waals surface area (Å²) in [6, 6.07) is 11.1. The van der Waals surface area contributed by atoms with Gasteiger partial charge in [-0.1, -0.05) is 19.9 Å². The van der Waals surface area contributed by atoms with E-state index in [2.05, 4.69) is 10.6 Å². The Labute approximate surface area is 155 Å². The average molecular weight is 370 g/mol. The molecule has 0 bridgehead atoms. The van der Waals surface area contributed by atoms with Crippen LogP contribution in [0.1, 0.15) is 19.4 Å². The van der Waals surface area contributed by atoms with Crippen LogP contribution in [0.15, 0.2) is 54.6 Å². The molecule has 2 aromatic carbocycles. The van der Waals surface area contributed by atoms with E-state index in [9.17, 15) is 23.9 Å². The Hall–Kier alpha value is -3.48. The molecule has 0 atom stereocenters. The van der Waals surface area contributed by atoms with Crippen LogP contribution in [0.4, 0.5) is 15.8 Å². The zero-order chi connectivity index (χ0) is 20.0. The van der Waals surface area contributed by atoms with E-state index in [1.54, 1.807) is 32.0 Å². The molecule has 0 heterocycles. The van der Waals surface area contributed by atoms with Gasteiger partial charge in [0.1, 0.15) is 11.6 Å². The van der Waals surface area contributed by atoms with Crippen molar-refractivity contribution in [2.24, 2.45) is 5.92 Å². The average Bonchev–Trinajstić information content (AvgIpc) is 2.62. The van der Waals surface area contributed by atoms with Crippen LogP contribution < -0.4 is 10.6 Å². The molecule has 2 rings (SSSR count). The van der Waals surface area contributed by atoms with Gasteiger partial charge >= 0.3 is 0 Å². The number of ketones is 1. The lowest BCUT2D eigenvalue weighted by Crippen LogP contribution is -2.21. The van der Waals surface area contributed by atoms with Gasteiger partial charge in [-0.3, -0.25) is 14.4 Å². The van der Waals surface area contributed by atoms with Crippen molar-refractivity contribution in [2.75, 3.05) is 10.6 Å². The highest BCUT2D eigenvalue weighted by Crippen LogP contribution is 2.17. The summed E-state index contributed by atoms with van der Waals surface area (Å²) in [6.45, 7) is 3.50. The van der Waals surface area contributed by atoms with Crippen LogP contribution in [0, 0.1) is 11.7 Å². The second kappa shape index (κ2) is 8.75. The number of aliphatic hydroxyl groups is 1. The third kappa shape index (κ3) is 5.78. The van der Waals surface area contributed by atoms with E-state index >= 15 is 0 Å². The molecule has 0 unspecified atom stereocenters. The largest absolute Gasteiger partial charge is 0.507 e. The number of benzene rings is 2. The summed E-state index contributed by atoms with van der Waals surface area (Å²) in [7, 11) is 0. The molecule has 27 heavy (non-hydrogen) atoms. The summed E-state index contributed by atoms with van der Waals surface area (Å²) < 4.78 is 12.9. The van der Waals surface area contributed by atoms with Crippen molar-refractivity contribution in [3.63, 3.8) is 0 Å². The third-order valence-electron chi connectivity index (χ3n) is 3.54. The summed E-state index contributed by atoms with van der Waals surface area (Å²) in [5.41, 5.74) is 0.990. The van der Waals surface area contributed by atoms with Crippen LogP contribution in [-0.2, 0) is 14.4 Å². The van der Waals surface area contributed by atoms with Crippen molar-refractivity contribution in [3.05, 3.63) is 66.0 Å². The molecule has 0 fully saturated rings. The van der Waals surface area contributed by atoms with Crippen LogP contribution in [0.2, 0.25) is 0 Å². The van der Waals surface area contributed by atoms with Crippen LogP contribution in [0.3, 0.4) is 0 Å². The predicted molar refractivity (Wildman–Crippen MR) is 101 cm³/mol. The fourth-order valence-corrected chi connectivity index (χ4v) is 2.05. The molecule has 6 nitrogen and oxygen atoms in total. The van der Waals surface area contributed by atoms with E-state index in [1.807, 2.05) is 0 Å². The Balaban J connectivity index is 2.05. The van der Waals surface area contributed by atoms with Gasteiger partial charge < -0.3 is 15.7 Å². The van der Waals surface area contributed by atoms with Crippen LogP contribution in [0.5, 0.6) is 0 Å². The molecular formula is C20H19FN2O4. The van der Waals surface area contributed by atoms with Gasteiger partial charge in [-0.05, 0) is 42.5 Å². The molecule has 2 aromatic rings. The predicted octanol–water partition coefficient (Wildman–Crippen LogP) is 3.53. The zero-order valence-corrected chi connectivity index (χ0v) is 14.8. The molecule has 0 aliphatic carbocycles. The highest BCUT2D eigenvalue weighted by atomic mass is 19.1. The van der Waals surface area contributed by atoms with Gasteiger partial charge in [-0.15, -0.1) is 0 Å². The zero-order valence-electron chi connectivity index (χ0n) is 14.8. The van der Waals surface area contributed by atoms with Crippen molar-refractivity contribution in [2.45, 2.75) is 13.8 Å². The Morgan fingerprint density at radius 2 is 1.59 bits per heavy atom. The lowest BCUT2D eigenvalue weighted by molar-refractivity contribution is -0.131. The Bertz CT molecular complexity index is 889. The third-order valence-corrected chi connectivity index (χ3v) is 3.54. The van der Waals surface area contributed by atoms with Gasteiger partial charge in [0.05, 0.1) is 0 Å². The highest BCUT2D eigenvalue weighted by molar-refractivity contribution is 6.45. The molecule has 0 spiro atoms. The number of hydrogen-bond donors (Lipinski definition) is 3. The Kier molecular flexibility index (Phi) is 6.43. The number of amides is 2. The molecular weight excluding hydrogens is 351 g/mol. The molecule has 0 aliphatic heterocycles. The quantitative estimate of drug-likeness (QED) is 0.412. The van der Waals surface area contributed by atoms with Crippen molar-refractivity contribution in [1.29, 1.82) is 0 Å². The molecule has 7 heteroatoms. The summed E-state index contributed by atoms with van der Waals surface area (Å²) in [5, 5.41) is 15.0. The summed E-state index contributed by atoms with van der Waals surface area (Å²) in [5.74, 6) is -3.26. The van der Waals surface area contributed by atoms with Crippen molar-refractivity contribution in [1.82, 2.24) is 0 Å². The lowest BCUT2D eigenvalue weighted by atomic mass is 10.1. The number of halogens is 1. The normalized spacial score (nSPS) is 11.2. The molecule has 0 saturated carbocycles. The Morgan fingerprint density at radius 3 is 2.19 bits per heavy atom. The van der Waals surface area contributed by atoms with Gasteiger partial charge in [0.2, 0.25) is 11.7 Å². The van der Waals surface area contributed by atoms with E-state index in [0.717, 1.165) is 18.2 Å². The van der Waals surface area contributed by atoms with Crippen LogP contribution in [-0.4, -0.2) is 22.7 Å². The number of anilines is 2. The molecule has 0 radical (unpaired) electrons. The summed E-state index contributed by atoms with van der Waals surface area (Å²) >= 11 is 0. The number of aliphatic hydroxyl groups excluding tert-OH is 1.